The predicted octanol–water partition coefficient (Wildman–Crippen LogP) is 3.57. The number of hydrogen-bond acceptors (Lipinski definition) is 3. The minimum atomic E-state index is 0.0120. The fraction of sp³-hybridized carbons (Fsp3) is 0.238. The molecule has 1 amide bonds. The number of ether oxygens (including phenoxy) is 1. The van der Waals surface area contributed by atoms with Gasteiger partial charge in [-0.05, 0) is 43.2 Å². The molecular weight excluding hydrogens is 326 g/mol. The van der Waals surface area contributed by atoms with Gasteiger partial charge in [-0.15, -0.1) is 0 Å². The van der Waals surface area contributed by atoms with Crippen molar-refractivity contribution in [1.82, 2.24) is 14.9 Å². The molecular formula is C21H21N3O2. The molecule has 5 nitrogen and oxygen atoms in total. The molecule has 0 bridgehead atoms. The van der Waals surface area contributed by atoms with Gasteiger partial charge < -0.3 is 14.6 Å². The van der Waals surface area contributed by atoms with Crippen LogP contribution in [0, 0.1) is 6.92 Å². The van der Waals surface area contributed by atoms with E-state index in [0.29, 0.717) is 13.1 Å². The van der Waals surface area contributed by atoms with Crippen molar-refractivity contribution in [3.8, 4) is 5.75 Å². The fourth-order valence-electron chi connectivity index (χ4n) is 3.21. The van der Waals surface area contributed by atoms with Crippen LogP contribution in [0.15, 0.2) is 54.9 Å². The van der Waals surface area contributed by atoms with Gasteiger partial charge in [0.15, 0.2) is 6.61 Å². The normalized spacial score (nSPS) is 14.3. The zero-order valence-electron chi connectivity index (χ0n) is 14.7. The summed E-state index contributed by atoms with van der Waals surface area (Å²) >= 11 is 0. The summed E-state index contributed by atoms with van der Waals surface area (Å²) in [6.07, 6.45) is 6.74. The summed E-state index contributed by atoms with van der Waals surface area (Å²) in [7, 11) is 0. The Hall–Kier alpha value is -3.08. The molecule has 0 aliphatic carbocycles. The summed E-state index contributed by atoms with van der Waals surface area (Å²) in [5, 5.41) is 0. The number of benzene rings is 1. The van der Waals surface area contributed by atoms with Crippen molar-refractivity contribution in [2.45, 2.75) is 13.3 Å². The molecule has 0 saturated heterocycles. The molecule has 0 radical (unpaired) electrons. The van der Waals surface area contributed by atoms with E-state index in [-0.39, 0.29) is 12.5 Å². The van der Waals surface area contributed by atoms with E-state index in [0.717, 1.165) is 28.8 Å². The number of amides is 1. The van der Waals surface area contributed by atoms with Gasteiger partial charge in [-0.1, -0.05) is 23.8 Å². The molecule has 0 saturated carbocycles. The first-order valence-corrected chi connectivity index (χ1v) is 8.79. The van der Waals surface area contributed by atoms with Crippen LogP contribution in [0.4, 0.5) is 0 Å². The summed E-state index contributed by atoms with van der Waals surface area (Å²) in [4.78, 5) is 22.0. The number of hydrogen-bond donors (Lipinski definition) is 1. The Balaban J connectivity index is 1.39. The Labute approximate surface area is 152 Å². The van der Waals surface area contributed by atoms with Gasteiger partial charge in [-0.25, -0.2) is 0 Å². The smallest absolute Gasteiger partial charge is 0.260 e. The number of nitrogens with one attached hydrogen (secondary N) is 1. The second-order valence-corrected chi connectivity index (χ2v) is 6.52. The Bertz CT molecular complexity index is 957. The van der Waals surface area contributed by atoms with Gasteiger partial charge in [-0.3, -0.25) is 9.78 Å². The molecule has 4 rings (SSSR count). The lowest BCUT2D eigenvalue weighted by atomic mass is 10.0. The number of aryl methyl sites for hydroxylation is 1. The average molecular weight is 347 g/mol. The zero-order chi connectivity index (χ0) is 17.9. The molecule has 26 heavy (non-hydrogen) atoms. The van der Waals surface area contributed by atoms with Crippen molar-refractivity contribution >= 4 is 22.5 Å². The largest absolute Gasteiger partial charge is 0.484 e. The lowest BCUT2D eigenvalue weighted by Crippen LogP contribution is -2.37. The number of aromatic amines is 1. The standard InChI is InChI=1S/C21H21N3O2/c1-15-4-6-17(7-5-15)26-14-20(25)24-11-8-16(9-12-24)18-13-23-19-3-2-10-22-21(18)19/h2-8,10,13,23H,9,11-12,14H2,1H3. The topological polar surface area (TPSA) is 58.2 Å². The van der Waals surface area contributed by atoms with Gasteiger partial charge in [0, 0.05) is 31.0 Å². The molecule has 1 aliphatic heterocycles. The third-order valence-electron chi connectivity index (χ3n) is 4.73. The Morgan fingerprint density at radius 1 is 1.27 bits per heavy atom. The maximum atomic E-state index is 12.4. The van der Waals surface area contributed by atoms with Crippen LogP contribution in [0.1, 0.15) is 17.5 Å². The number of carbonyl (C=O) groups excluding carboxylic acids is 1. The number of nitrogens with zero attached hydrogens (tertiary/aromatic N) is 2. The highest BCUT2D eigenvalue weighted by atomic mass is 16.5. The fourth-order valence-corrected chi connectivity index (χ4v) is 3.21. The molecule has 1 N–H and O–H groups in total. The minimum absolute atomic E-state index is 0.0120. The highest BCUT2D eigenvalue weighted by Crippen LogP contribution is 2.27. The Kier molecular flexibility index (Phi) is 4.44. The second-order valence-electron chi connectivity index (χ2n) is 6.52. The maximum absolute atomic E-state index is 12.4. The lowest BCUT2D eigenvalue weighted by molar-refractivity contribution is -0.132. The minimum Gasteiger partial charge on any atom is -0.484 e. The molecule has 0 atom stereocenters. The SMILES string of the molecule is Cc1ccc(OCC(=O)N2CC=C(c3c[nH]c4cccnc34)CC2)cc1. The van der Waals surface area contributed by atoms with Gasteiger partial charge in [0.25, 0.3) is 5.91 Å². The summed E-state index contributed by atoms with van der Waals surface area (Å²) in [6.45, 7) is 3.39. The van der Waals surface area contributed by atoms with E-state index < -0.39 is 0 Å². The Morgan fingerprint density at radius 3 is 2.88 bits per heavy atom. The van der Waals surface area contributed by atoms with Gasteiger partial charge in [0.2, 0.25) is 0 Å². The molecule has 3 heterocycles. The van der Waals surface area contributed by atoms with Crippen molar-refractivity contribution in [1.29, 1.82) is 0 Å². The molecule has 3 aromatic rings. The summed E-state index contributed by atoms with van der Waals surface area (Å²) in [5.41, 5.74) is 5.56. The van der Waals surface area contributed by atoms with E-state index in [1.54, 1.807) is 6.20 Å². The van der Waals surface area contributed by atoms with E-state index in [2.05, 4.69) is 16.0 Å². The quantitative estimate of drug-likeness (QED) is 0.785. The predicted molar refractivity (Wildman–Crippen MR) is 102 cm³/mol. The lowest BCUT2D eigenvalue weighted by Gasteiger charge is -2.26. The van der Waals surface area contributed by atoms with Crippen molar-refractivity contribution in [3.63, 3.8) is 0 Å². The number of carbonyl (C=O) groups is 1. The van der Waals surface area contributed by atoms with E-state index in [1.807, 2.05) is 54.4 Å². The van der Waals surface area contributed by atoms with E-state index >= 15 is 0 Å². The van der Waals surface area contributed by atoms with Gasteiger partial charge >= 0.3 is 0 Å². The van der Waals surface area contributed by atoms with Crippen molar-refractivity contribution in [2.24, 2.45) is 0 Å². The van der Waals surface area contributed by atoms with E-state index in [1.165, 1.54) is 11.1 Å². The van der Waals surface area contributed by atoms with E-state index in [4.69, 9.17) is 4.74 Å². The summed E-state index contributed by atoms with van der Waals surface area (Å²) in [5.74, 6) is 0.736. The first-order valence-electron chi connectivity index (χ1n) is 8.79. The molecule has 0 spiro atoms. The van der Waals surface area contributed by atoms with Crippen molar-refractivity contribution < 1.29 is 9.53 Å². The van der Waals surface area contributed by atoms with Crippen LogP contribution in [0.5, 0.6) is 5.75 Å². The number of fused-ring (bicyclic) bond motifs is 1. The van der Waals surface area contributed by atoms with Crippen LogP contribution in [-0.4, -0.2) is 40.5 Å². The summed E-state index contributed by atoms with van der Waals surface area (Å²) < 4.78 is 5.61. The monoisotopic (exact) mass is 347 g/mol. The average Bonchev–Trinajstić information content (AvgIpc) is 3.11. The van der Waals surface area contributed by atoms with Gasteiger partial charge in [0.05, 0.1) is 11.0 Å². The first-order chi connectivity index (χ1) is 12.7. The highest BCUT2D eigenvalue weighted by Gasteiger charge is 2.20. The number of H-pyrrole nitrogens is 1. The first kappa shape index (κ1) is 16.4. The third kappa shape index (κ3) is 3.33. The van der Waals surface area contributed by atoms with Gasteiger partial charge in [0.1, 0.15) is 5.75 Å². The van der Waals surface area contributed by atoms with Crippen molar-refractivity contribution in [3.05, 3.63) is 66.0 Å². The van der Waals surface area contributed by atoms with Crippen LogP contribution in [0.2, 0.25) is 0 Å². The molecule has 0 fully saturated rings. The molecule has 5 heteroatoms. The van der Waals surface area contributed by atoms with Crippen molar-refractivity contribution in [2.75, 3.05) is 19.7 Å². The summed E-state index contributed by atoms with van der Waals surface area (Å²) in [6, 6.07) is 11.7. The maximum Gasteiger partial charge on any atom is 0.260 e. The third-order valence-corrected chi connectivity index (χ3v) is 4.73. The number of rotatable bonds is 4. The van der Waals surface area contributed by atoms with Crippen LogP contribution in [0.3, 0.4) is 0 Å². The van der Waals surface area contributed by atoms with Crippen LogP contribution < -0.4 is 4.74 Å². The number of aromatic nitrogens is 2. The molecule has 132 valence electrons. The van der Waals surface area contributed by atoms with Gasteiger partial charge in [-0.2, -0.15) is 0 Å². The molecule has 1 aliphatic rings. The van der Waals surface area contributed by atoms with Crippen LogP contribution in [-0.2, 0) is 4.79 Å². The Morgan fingerprint density at radius 2 is 2.12 bits per heavy atom. The van der Waals surface area contributed by atoms with Crippen LogP contribution >= 0.6 is 0 Å². The van der Waals surface area contributed by atoms with Crippen LogP contribution in [0.25, 0.3) is 16.6 Å². The number of pyridine rings is 1. The molecule has 2 aromatic heterocycles. The second kappa shape index (κ2) is 7.04. The highest BCUT2D eigenvalue weighted by molar-refractivity contribution is 5.90. The molecule has 1 aromatic carbocycles. The molecule has 0 unspecified atom stereocenters. The zero-order valence-corrected chi connectivity index (χ0v) is 14.7. The van der Waals surface area contributed by atoms with E-state index in [9.17, 15) is 4.79 Å².